The molecule has 27 heavy (non-hydrogen) atoms. The molecule has 0 aliphatic carbocycles. The molecule has 6 nitrogen and oxygen atoms in total. The van der Waals surface area contributed by atoms with E-state index in [0.717, 1.165) is 30.2 Å². The number of hydrogen-bond acceptors (Lipinski definition) is 5. The van der Waals surface area contributed by atoms with Crippen molar-refractivity contribution in [3.8, 4) is 5.75 Å². The van der Waals surface area contributed by atoms with Gasteiger partial charge in [-0.15, -0.1) is 0 Å². The first-order valence-electron chi connectivity index (χ1n) is 9.10. The lowest BCUT2D eigenvalue weighted by Gasteiger charge is -2.28. The highest BCUT2D eigenvalue weighted by Crippen LogP contribution is 2.27. The highest BCUT2D eigenvalue weighted by Gasteiger charge is 2.18. The maximum Gasteiger partial charge on any atom is 0.412 e. The molecule has 0 spiro atoms. The Morgan fingerprint density at radius 3 is 2.81 bits per heavy atom. The summed E-state index contributed by atoms with van der Waals surface area (Å²) in [5.41, 5.74) is 2.25. The fourth-order valence-electron chi connectivity index (χ4n) is 2.99. The van der Waals surface area contributed by atoms with E-state index in [-0.39, 0.29) is 12.4 Å². The van der Waals surface area contributed by atoms with E-state index in [0.29, 0.717) is 30.9 Å². The lowest BCUT2D eigenvalue weighted by molar-refractivity contribution is 0.122. The maximum atomic E-state index is 13.2. The molecule has 0 radical (unpaired) electrons. The van der Waals surface area contributed by atoms with E-state index in [1.54, 1.807) is 12.1 Å². The quantitative estimate of drug-likeness (QED) is 0.872. The third-order valence-corrected chi connectivity index (χ3v) is 4.41. The second-order valence-corrected chi connectivity index (χ2v) is 6.40. The smallest absolute Gasteiger partial charge is 0.408 e. The minimum absolute atomic E-state index is 0.191. The number of hydrogen-bond donors (Lipinski definition) is 1. The van der Waals surface area contributed by atoms with Gasteiger partial charge in [-0.25, -0.2) is 14.2 Å². The molecule has 1 aliphatic heterocycles. The highest BCUT2D eigenvalue weighted by molar-refractivity contribution is 5.71. The second-order valence-electron chi connectivity index (χ2n) is 6.40. The molecule has 1 aromatic carbocycles. The van der Waals surface area contributed by atoms with Crippen molar-refractivity contribution in [1.82, 2.24) is 10.3 Å². The number of carbonyl (C=O) groups is 1. The predicted molar refractivity (Wildman–Crippen MR) is 101 cm³/mol. The van der Waals surface area contributed by atoms with Crippen molar-refractivity contribution in [2.45, 2.75) is 26.8 Å². The molecule has 0 saturated carbocycles. The molecule has 0 atom stereocenters. The number of carbonyl (C=O) groups excluding carboxylic acids is 1. The Bertz CT molecular complexity index is 807. The van der Waals surface area contributed by atoms with Crippen LogP contribution in [0, 0.1) is 12.7 Å². The van der Waals surface area contributed by atoms with E-state index in [1.807, 2.05) is 19.9 Å². The number of aryl methyl sites for hydroxylation is 2. The number of aromatic nitrogens is 1. The summed E-state index contributed by atoms with van der Waals surface area (Å²) in [7, 11) is 0. The van der Waals surface area contributed by atoms with Crippen LogP contribution in [0.25, 0.3) is 0 Å². The number of morpholine rings is 1. The lowest BCUT2D eigenvalue weighted by atomic mass is 10.1. The average Bonchev–Trinajstić information content (AvgIpc) is 2.68. The molecule has 1 saturated heterocycles. The molecule has 3 rings (SSSR count). The van der Waals surface area contributed by atoms with Crippen LogP contribution in [0.5, 0.6) is 5.75 Å². The fraction of sp³-hybridized carbons (Fsp3) is 0.400. The Balaban J connectivity index is 1.68. The Kier molecular flexibility index (Phi) is 6.24. The highest BCUT2D eigenvalue weighted by atomic mass is 19.1. The molecule has 2 heterocycles. The minimum Gasteiger partial charge on any atom is -0.408 e. The van der Waals surface area contributed by atoms with Gasteiger partial charge in [0.05, 0.1) is 18.9 Å². The van der Waals surface area contributed by atoms with Crippen molar-refractivity contribution in [3.63, 3.8) is 0 Å². The summed E-state index contributed by atoms with van der Waals surface area (Å²) in [6.45, 7) is 7.03. The zero-order valence-corrected chi connectivity index (χ0v) is 15.6. The van der Waals surface area contributed by atoms with Crippen LogP contribution in [-0.2, 0) is 17.7 Å². The summed E-state index contributed by atoms with van der Waals surface area (Å²) in [5, 5.41) is 2.65. The molecule has 1 aliphatic rings. The molecule has 1 aromatic heterocycles. The number of halogens is 1. The normalized spacial score (nSPS) is 14.1. The van der Waals surface area contributed by atoms with Gasteiger partial charge in [-0.2, -0.15) is 0 Å². The van der Waals surface area contributed by atoms with Crippen LogP contribution in [0.2, 0.25) is 0 Å². The standard InChI is InChI=1S/C20H24FN3O3/c1-3-17-19(14(2)11-18(23-17)24-7-9-26-10-8-24)27-20(25)22-13-15-5-4-6-16(21)12-15/h4-6,11-12H,3,7-10,13H2,1-2H3,(H,22,25). The van der Waals surface area contributed by atoms with Gasteiger partial charge in [-0.1, -0.05) is 19.1 Å². The van der Waals surface area contributed by atoms with Crippen LogP contribution >= 0.6 is 0 Å². The second kappa shape index (κ2) is 8.81. The molecule has 2 aromatic rings. The van der Waals surface area contributed by atoms with Crippen molar-refractivity contribution in [2.75, 3.05) is 31.2 Å². The van der Waals surface area contributed by atoms with Crippen molar-refractivity contribution >= 4 is 11.9 Å². The first-order chi connectivity index (χ1) is 13.1. The van der Waals surface area contributed by atoms with Gasteiger partial charge in [0.1, 0.15) is 11.6 Å². The molecular weight excluding hydrogens is 349 g/mol. The molecular formula is C20H24FN3O3. The van der Waals surface area contributed by atoms with Gasteiger partial charge in [0.2, 0.25) is 0 Å². The summed E-state index contributed by atoms with van der Waals surface area (Å²) < 4.78 is 24.1. The third-order valence-electron chi connectivity index (χ3n) is 4.41. The zero-order valence-electron chi connectivity index (χ0n) is 15.6. The number of anilines is 1. The third kappa shape index (κ3) is 4.95. The van der Waals surface area contributed by atoms with E-state index in [9.17, 15) is 9.18 Å². The SMILES string of the molecule is CCc1nc(N2CCOCC2)cc(C)c1OC(=O)NCc1cccc(F)c1. The Labute approximate surface area is 158 Å². The predicted octanol–water partition coefficient (Wildman–Crippen LogP) is 3.22. The fourth-order valence-corrected chi connectivity index (χ4v) is 2.99. The van der Waals surface area contributed by atoms with Crippen molar-refractivity contribution < 1.29 is 18.7 Å². The van der Waals surface area contributed by atoms with Crippen LogP contribution in [0.3, 0.4) is 0 Å². The average molecular weight is 373 g/mol. The van der Waals surface area contributed by atoms with Gasteiger partial charge < -0.3 is 19.7 Å². The van der Waals surface area contributed by atoms with Crippen LogP contribution in [0.15, 0.2) is 30.3 Å². The summed E-state index contributed by atoms with van der Waals surface area (Å²) in [6, 6.07) is 8.01. The minimum atomic E-state index is -0.585. The Hall–Kier alpha value is -2.67. The van der Waals surface area contributed by atoms with Crippen LogP contribution < -0.4 is 15.0 Å². The topological polar surface area (TPSA) is 63.7 Å². The number of benzene rings is 1. The van der Waals surface area contributed by atoms with E-state index in [4.69, 9.17) is 9.47 Å². The van der Waals surface area contributed by atoms with E-state index in [2.05, 4.69) is 15.2 Å². The van der Waals surface area contributed by atoms with E-state index in [1.165, 1.54) is 12.1 Å². The van der Waals surface area contributed by atoms with Crippen molar-refractivity contribution in [2.24, 2.45) is 0 Å². The molecule has 0 bridgehead atoms. The lowest BCUT2D eigenvalue weighted by Crippen LogP contribution is -2.37. The molecule has 0 unspecified atom stereocenters. The van der Waals surface area contributed by atoms with Gasteiger partial charge in [-0.3, -0.25) is 0 Å². The molecule has 7 heteroatoms. The number of ether oxygens (including phenoxy) is 2. The number of nitrogens with one attached hydrogen (secondary N) is 1. The number of pyridine rings is 1. The Morgan fingerprint density at radius 2 is 2.11 bits per heavy atom. The van der Waals surface area contributed by atoms with Gasteiger partial charge >= 0.3 is 6.09 Å². The largest absolute Gasteiger partial charge is 0.412 e. The van der Waals surface area contributed by atoms with Crippen LogP contribution in [0.4, 0.5) is 15.0 Å². The van der Waals surface area contributed by atoms with Gasteiger partial charge in [0, 0.05) is 19.6 Å². The Morgan fingerprint density at radius 1 is 1.33 bits per heavy atom. The summed E-state index contributed by atoms with van der Waals surface area (Å²) in [5.74, 6) is 1.01. The first kappa shape index (κ1) is 19.1. The zero-order chi connectivity index (χ0) is 19.2. The van der Waals surface area contributed by atoms with Crippen LogP contribution in [0.1, 0.15) is 23.7 Å². The summed E-state index contributed by atoms with van der Waals surface area (Å²) in [4.78, 5) is 19.0. The number of rotatable bonds is 5. The molecule has 1 N–H and O–H groups in total. The molecule has 144 valence electrons. The number of amides is 1. The number of nitrogens with zero attached hydrogens (tertiary/aromatic N) is 2. The molecule has 1 amide bonds. The first-order valence-corrected chi connectivity index (χ1v) is 9.10. The van der Waals surface area contributed by atoms with Crippen molar-refractivity contribution in [3.05, 3.63) is 53.0 Å². The monoisotopic (exact) mass is 373 g/mol. The van der Waals surface area contributed by atoms with E-state index < -0.39 is 6.09 Å². The summed E-state index contributed by atoms with van der Waals surface area (Å²) >= 11 is 0. The summed E-state index contributed by atoms with van der Waals surface area (Å²) in [6.07, 6.45) is 0.0592. The van der Waals surface area contributed by atoms with Crippen LogP contribution in [-0.4, -0.2) is 37.4 Å². The van der Waals surface area contributed by atoms with Gasteiger partial charge in [0.25, 0.3) is 0 Å². The van der Waals surface area contributed by atoms with Crippen molar-refractivity contribution in [1.29, 1.82) is 0 Å². The maximum absolute atomic E-state index is 13.2. The molecule has 1 fully saturated rings. The van der Waals surface area contributed by atoms with Gasteiger partial charge in [0.15, 0.2) is 5.75 Å². The van der Waals surface area contributed by atoms with E-state index >= 15 is 0 Å². The van der Waals surface area contributed by atoms with Gasteiger partial charge in [-0.05, 0) is 42.7 Å².